The van der Waals surface area contributed by atoms with Crippen molar-refractivity contribution in [2.24, 2.45) is 5.92 Å². The largest absolute Gasteiger partial charge is 0.353 e. The molecule has 4 rings (SSSR count). The summed E-state index contributed by atoms with van der Waals surface area (Å²) in [6, 6.07) is 11.2. The number of halogens is 2. The van der Waals surface area contributed by atoms with Crippen LogP contribution in [0, 0.1) is 17.1 Å². The molecule has 2 N–H and O–H groups in total. The second kappa shape index (κ2) is 9.93. The first-order chi connectivity index (χ1) is 16.3. The van der Waals surface area contributed by atoms with Gasteiger partial charge in [-0.05, 0) is 43.7 Å². The van der Waals surface area contributed by atoms with Crippen molar-refractivity contribution < 1.29 is 4.39 Å². The van der Waals surface area contributed by atoms with Crippen LogP contribution in [-0.2, 0) is 0 Å². The van der Waals surface area contributed by atoms with Crippen molar-refractivity contribution in [2.75, 3.05) is 29.4 Å². The lowest BCUT2D eigenvalue weighted by Gasteiger charge is -2.41. The Morgan fingerprint density at radius 3 is 2.65 bits per heavy atom. The van der Waals surface area contributed by atoms with Gasteiger partial charge in [-0.15, -0.1) is 0 Å². The predicted octanol–water partition coefficient (Wildman–Crippen LogP) is 4.75. The quantitative estimate of drug-likeness (QED) is 0.495. The summed E-state index contributed by atoms with van der Waals surface area (Å²) in [6.07, 6.45) is 0.809. The highest BCUT2D eigenvalue weighted by atomic mass is 35.5. The van der Waals surface area contributed by atoms with E-state index in [2.05, 4.69) is 26.7 Å². The SMILES string of the molecule is CCC(C)C(=N)c1nc(-c2ccc(F)cc2)cc(N2CCN(c3[nH]c(=O)ccc3Cl)CC2C)n1. The molecule has 7 nitrogen and oxygen atoms in total. The first-order valence-electron chi connectivity index (χ1n) is 11.4. The van der Waals surface area contributed by atoms with Crippen LogP contribution >= 0.6 is 11.6 Å². The summed E-state index contributed by atoms with van der Waals surface area (Å²) in [7, 11) is 0. The number of piperazine rings is 1. The lowest BCUT2D eigenvalue weighted by atomic mass is 10.0. The zero-order chi connectivity index (χ0) is 24.4. The van der Waals surface area contributed by atoms with Crippen molar-refractivity contribution in [1.29, 1.82) is 5.41 Å². The van der Waals surface area contributed by atoms with E-state index in [-0.39, 0.29) is 23.3 Å². The molecule has 3 aromatic rings. The van der Waals surface area contributed by atoms with E-state index in [4.69, 9.17) is 22.0 Å². The maximum absolute atomic E-state index is 13.5. The summed E-state index contributed by atoms with van der Waals surface area (Å²) in [5.41, 5.74) is 1.61. The zero-order valence-corrected chi connectivity index (χ0v) is 20.2. The lowest BCUT2D eigenvalue weighted by molar-refractivity contribution is 0.542. The average molecular weight is 483 g/mol. The summed E-state index contributed by atoms with van der Waals surface area (Å²) in [5, 5.41) is 9.12. The van der Waals surface area contributed by atoms with Crippen LogP contribution < -0.4 is 15.4 Å². The topological polar surface area (TPSA) is 89.0 Å². The van der Waals surface area contributed by atoms with Gasteiger partial charge >= 0.3 is 0 Å². The molecule has 9 heteroatoms. The zero-order valence-electron chi connectivity index (χ0n) is 19.5. The van der Waals surface area contributed by atoms with E-state index < -0.39 is 0 Å². The van der Waals surface area contributed by atoms with Crippen LogP contribution in [0.15, 0.2) is 47.3 Å². The van der Waals surface area contributed by atoms with Gasteiger partial charge in [-0.1, -0.05) is 25.4 Å². The monoisotopic (exact) mass is 482 g/mol. The number of hydrogen-bond donors (Lipinski definition) is 2. The summed E-state index contributed by atoms with van der Waals surface area (Å²) in [6.45, 7) is 8.02. The minimum atomic E-state index is -0.312. The molecule has 1 aromatic carbocycles. The molecule has 3 heterocycles. The highest BCUT2D eigenvalue weighted by molar-refractivity contribution is 6.32. The van der Waals surface area contributed by atoms with Gasteiger partial charge in [-0.3, -0.25) is 4.79 Å². The van der Waals surface area contributed by atoms with Crippen LogP contribution in [0.25, 0.3) is 11.3 Å². The maximum Gasteiger partial charge on any atom is 0.249 e. The Morgan fingerprint density at radius 2 is 1.97 bits per heavy atom. The van der Waals surface area contributed by atoms with Crippen LogP contribution in [0.4, 0.5) is 16.0 Å². The van der Waals surface area contributed by atoms with Crippen LogP contribution in [-0.4, -0.2) is 46.3 Å². The Labute approximate surface area is 203 Å². The maximum atomic E-state index is 13.5. The Balaban J connectivity index is 1.68. The number of aromatic amines is 1. The Kier molecular flexibility index (Phi) is 6.97. The second-order valence-electron chi connectivity index (χ2n) is 8.67. The van der Waals surface area contributed by atoms with Gasteiger partial charge in [-0.25, -0.2) is 14.4 Å². The summed E-state index contributed by atoms with van der Waals surface area (Å²) < 4.78 is 13.5. The fourth-order valence-corrected chi connectivity index (χ4v) is 4.30. The standard InChI is InChI=1S/C25H28ClFN6O/c1-4-15(2)23(28)24-29-20(17-5-7-18(27)8-6-17)13-21(30-24)33-12-11-32(14-16(33)3)25-19(26)9-10-22(34)31-25/h5-10,13,15-16,28H,4,11-12,14H2,1-3H3,(H,31,34). The first kappa shape index (κ1) is 23.9. The fraction of sp³-hybridized carbons (Fsp3) is 0.360. The number of rotatable bonds is 6. The molecular weight excluding hydrogens is 455 g/mol. The van der Waals surface area contributed by atoms with Crippen molar-refractivity contribution in [3.63, 3.8) is 0 Å². The van der Waals surface area contributed by atoms with Crippen molar-refractivity contribution in [1.82, 2.24) is 15.0 Å². The van der Waals surface area contributed by atoms with Gasteiger partial charge < -0.3 is 20.2 Å². The van der Waals surface area contributed by atoms with Crippen molar-refractivity contribution in [2.45, 2.75) is 33.2 Å². The van der Waals surface area contributed by atoms with Gasteiger partial charge in [0.25, 0.3) is 0 Å². The average Bonchev–Trinajstić information content (AvgIpc) is 2.84. The third kappa shape index (κ3) is 4.97. The molecular formula is C25H28ClFN6O. The molecule has 0 spiro atoms. The Morgan fingerprint density at radius 1 is 1.24 bits per heavy atom. The molecule has 2 unspecified atom stereocenters. The molecule has 178 valence electrons. The molecule has 34 heavy (non-hydrogen) atoms. The summed E-state index contributed by atoms with van der Waals surface area (Å²) in [4.78, 5) is 28.3. The highest BCUT2D eigenvalue weighted by Gasteiger charge is 2.28. The fourth-order valence-electron chi connectivity index (χ4n) is 4.07. The molecule has 0 aliphatic carbocycles. The Bertz CT molecular complexity index is 1240. The minimum Gasteiger partial charge on any atom is -0.353 e. The van der Waals surface area contributed by atoms with Crippen molar-refractivity contribution in [3.05, 3.63) is 69.5 Å². The van der Waals surface area contributed by atoms with E-state index in [9.17, 15) is 9.18 Å². The molecule has 2 aromatic heterocycles. The summed E-state index contributed by atoms with van der Waals surface area (Å²) >= 11 is 6.33. The third-order valence-electron chi connectivity index (χ3n) is 6.29. The Hall–Kier alpha value is -3.26. The number of pyridine rings is 1. The van der Waals surface area contributed by atoms with Gasteiger partial charge in [-0.2, -0.15) is 0 Å². The van der Waals surface area contributed by atoms with E-state index in [1.54, 1.807) is 18.2 Å². The minimum absolute atomic E-state index is 0.0163. The van der Waals surface area contributed by atoms with Crippen molar-refractivity contribution >= 4 is 28.9 Å². The van der Waals surface area contributed by atoms with Gasteiger partial charge in [0.05, 0.1) is 16.4 Å². The third-order valence-corrected chi connectivity index (χ3v) is 6.59. The van der Waals surface area contributed by atoms with E-state index in [1.807, 2.05) is 19.9 Å². The smallest absolute Gasteiger partial charge is 0.249 e. The number of H-pyrrole nitrogens is 1. The van der Waals surface area contributed by atoms with Crippen LogP contribution in [0.3, 0.4) is 0 Å². The molecule has 0 amide bonds. The summed E-state index contributed by atoms with van der Waals surface area (Å²) in [5.74, 6) is 1.43. The van der Waals surface area contributed by atoms with Crippen LogP contribution in [0.1, 0.15) is 33.0 Å². The second-order valence-corrected chi connectivity index (χ2v) is 9.08. The van der Waals surface area contributed by atoms with E-state index >= 15 is 0 Å². The van der Waals surface area contributed by atoms with Crippen LogP contribution in [0.2, 0.25) is 5.02 Å². The molecule has 1 fully saturated rings. The highest BCUT2D eigenvalue weighted by Crippen LogP contribution is 2.29. The van der Waals surface area contributed by atoms with Crippen molar-refractivity contribution in [3.8, 4) is 11.3 Å². The molecule has 2 atom stereocenters. The van der Waals surface area contributed by atoms with Crippen LogP contribution in [0.5, 0.6) is 0 Å². The molecule has 0 bridgehead atoms. The van der Waals surface area contributed by atoms with E-state index in [0.29, 0.717) is 47.7 Å². The lowest BCUT2D eigenvalue weighted by Crippen LogP contribution is -2.53. The number of nitrogens with zero attached hydrogens (tertiary/aromatic N) is 4. The normalized spacial score (nSPS) is 17.0. The molecule has 0 radical (unpaired) electrons. The molecule has 1 aliphatic rings. The molecule has 1 saturated heterocycles. The number of nitrogens with one attached hydrogen (secondary N) is 2. The van der Waals surface area contributed by atoms with E-state index in [0.717, 1.165) is 17.8 Å². The van der Waals surface area contributed by atoms with Gasteiger partial charge in [0.1, 0.15) is 17.5 Å². The first-order valence-corrected chi connectivity index (χ1v) is 11.8. The van der Waals surface area contributed by atoms with Gasteiger partial charge in [0, 0.05) is 49.3 Å². The molecule has 0 saturated carbocycles. The van der Waals surface area contributed by atoms with Gasteiger partial charge in [0.2, 0.25) is 5.56 Å². The number of hydrogen-bond acceptors (Lipinski definition) is 6. The number of benzene rings is 1. The van der Waals surface area contributed by atoms with E-state index in [1.165, 1.54) is 18.2 Å². The number of anilines is 2. The predicted molar refractivity (Wildman–Crippen MR) is 135 cm³/mol. The number of aromatic nitrogens is 3. The van der Waals surface area contributed by atoms with Gasteiger partial charge in [0.15, 0.2) is 5.82 Å². The molecule has 1 aliphatic heterocycles.